The lowest BCUT2D eigenvalue weighted by Gasteiger charge is -2.08. The molecule has 7 heteroatoms. The molecule has 0 spiro atoms. The van der Waals surface area contributed by atoms with Gasteiger partial charge in [0.15, 0.2) is 0 Å². The van der Waals surface area contributed by atoms with Crippen molar-refractivity contribution < 1.29 is 4.74 Å². The van der Waals surface area contributed by atoms with Crippen molar-refractivity contribution in [2.24, 2.45) is 5.73 Å². The Morgan fingerprint density at radius 1 is 1.27 bits per heavy atom. The van der Waals surface area contributed by atoms with Crippen LogP contribution in [0.4, 0.5) is 0 Å². The summed E-state index contributed by atoms with van der Waals surface area (Å²) in [5, 5.41) is 10.9. The second kappa shape index (κ2) is 6.67. The van der Waals surface area contributed by atoms with Gasteiger partial charge in [0, 0.05) is 18.1 Å². The van der Waals surface area contributed by atoms with E-state index in [0.29, 0.717) is 13.2 Å². The van der Waals surface area contributed by atoms with Gasteiger partial charge in [-0.3, -0.25) is 0 Å². The highest BCUT2D eigenvalue weighted by molar-refractivity contribution is 7.12. The number of aromatic nitrogens is 4. The fourth-order valence-corrected chi connectivity index (χ4v) is 2.69. The van der Waals surface area contributed by atoms with Crippen LogP contribution >= 0.6 is 11.3 Å². The Kier molecular flexibility index (Phi) is 4.45. The van der Waals surface area contributed by atoms with Gasteiger partial charge in [-0.2, -0.15) is 4.68 Å². The molecule has 3 rings (SSSR count). The van der Waals surface area contributed by atoms with Gasteiger partial charge < -0.3 is 10.5 Å². The summed E-state index contributed by atoms with van der Waals surface area (Å²) in [6.07, 6.45) is 2.75. The Morgan fingerprint density at radius 2 is 2.09 bits per heavy atom. The molecule has 2 aromatic heterocycles. The average molecular weight is 315 g/mol. The zero-order valence-corrected chi connectivity index (χ0v) is 13.1. The van der Waals surface area contributed by atoms with Gasteiger partial charge in [0.1, 0.15) is 23.7 Å². The maximum atomic E-state index is 5.85. The van der Waals surface area contributed by atoms with Gasteiger partial charge in [0.2, 0.25) is 5.13 Å². The van der Waals surface area contributed by atoms with Gasteiger partial charge in [-0.1, -0.05) is 24.3 Å². The summed E-state index contributed by atoms with van der Waals surface area (Å²) in [6.45, 7) is 2.80. The third-order valence-corrected chi connectivity index (χ3v) is 4.09. The monoisotopic (exact) mass is 315 g/mol. The molecule has 2 N–H and O–H groups in total. The fourth-order valence-electron chi connectivity index (χ4n) is 2.08. The molecule has 3 aromatic rings. The quantitative estimate of drug-likeness (QED) is 0.755. The van der Waals surface area contributed by atoms with Crippen LogP contribution in [-0.2, 0) is 19.6 Å². The summed E-state index contributed by atoms with van der Waals surface area (Å²) < 4.78 is 7.54. The number of aryl methyl sites for hydroxylation is 1. The second-order valence-corrected chi connectivity index (χ2v) is 5.57. The number of benzene rings is 1. The highest BCUT2D eigenvalue weighted by atomic mass is 32.1. The normalized spacial score (nSPS) is 10.8. The number of nitrogens with zero attached hydrogens (tertiary/aromatic N) is 4. The highest BCUT2D eigenvalue weighted by Gasteiger charge is 2.15. The van der Waals surface area contributed by atoms with E-state index < -0.39 is 0 Å². The molecule has 114 valence electrons. The van der Waals surface area contributed by atoms with E-state index in [2.05, 4.69) is 34.4 Å². The molecule has 0 unspecified atom stereocenters. The lowest BCUT2D eigenvalue weighted by molar-refractivity contribution is 0.296. The molecule has 0 saturated heterocycles. The maximum Gasteiger partial charge on any atom is 0.212 e. The summed E-state index contributed by atoms with van der Waals surface area (Å²) in [5.41, 5.74) is 8.57. The van der Waals surface area contributed by atoms with Crippen molar-refractivity contribution in [3.8, 4) is 10.9 Å². The van der Waals surface area contributed by atoms with Crippen LogP contribution in [0.2, 0.25) is 0 Å². The topological polar surface area (TPSA) is 78.9 Å². The smallest absolute Gasteiger partial charge is 0.212 e. The summed E-state index contributed by atoms with van der Waals surface area (Å²) in [6, 6.07) is 8.07. The Labute approximate surface area is 132 Å². The number of hydrogen-bond donors (Lipinski definition) is 1. The van der Waals surface area contributed by atoms with E-state index >= 15 is 0 Å². The lowest BCUT2D eigenvalue weighted by atomic mass is 10.2. The van der Waals surface area contributed by atoms with Crippen molar-refractivity contribution in [2.75, 3.05) is 0 Å². The number of rotatable bonds is 6. The average Bonchev–Trinajstić information content (AvgIpc) is 3.22. The number of hydrogen-bond acceptors (Lipinski definition) is 6. The third-order valence-electron chi connectivity index (χ3n) is 3.34. The standard InChI is InChI=1S/C15H17N5OS/c1-2-11-3-5-12(6-4-11)21-10-14-13(9-16)18-19-20(14)15-17-7-8-22-15/h3-8H,2,9-10,16H2,1H3. The molecular formula is C15H17N5OS. The molecule has 6 nitrogen and oxygen atoms in total. The fraction of sp³-hybridized carbons (Fsp3) is 0.267. The van der Waals surface area contributed by atoms with Crippen LogP contribution in [0.15, 0.2) is 35.8 Å². The first kappa shape index (κ1) is 14.7. The Bertz CT molecular complexity index is 721. The van der Waals surface area contributed by atoms with Crippen molar-refractivity contribution in [1.82, 2.24) is 20.0 Å². The SMILES string of the molecule is CCc1ccc(OCc2c(CN)nnn2-c2nccs2)cc1. The Hall–Kier alpha value is -2.25. The number of thiazole rings is 1. The minimum absolute atomic E-state index is 0.318. The van der Waals surface area contributed by atoms with Crippen LogP contribution in [0.5, 0.6) is 5.75 Å². The predicted molar refractivity (Wildman–Crippen MR) is 85.1 cm³/mol. The zero-order chi connectivity index (χ0) is 15.4. The van der Waals surface area contributed by atoms with Crippen molar-refractivity contribution in [3.63, 3.8) is 0 Å². The van der Waals surface area contributed by atoms with E-state index in [0.717, 1.165) is 28.7 Å². The zero-order valence-electron chi connectivity index (χ0n) is 12.3. The van der Waals surface area contributed by atoms with E-state index in [1.807, 2.05) is 17.5 Å². The highest BCUT2D eigenvalue weighted by Crippen LogP contribution is 2.18. The van der Waals surface area contributed by atoms with Crippen molar-refractivity contribution in [2.45, 2.75) is 26.5 Å². The van der Waals surface area contributed by atoms with Crippen molar-refractivity contribution >= 4 is 11.3 Å². The molecule has 0 atom stereocenters. The lowest BCUT2D eigenvalue weighted by Crippen LogP contribution is -2.09. The van der Waals surface area contributed by atoms with Crippen molar-refractivity contribution in [1.29, 1.82) is 0 Å². The predicted octanol–water partition coefficient (Wildman–Crippen LogP) is 2.32. The van der Waals surface area contributed by atoms with Gasteiger partial charge in [-0.15, -0.1) is 16.4 Å². The van der Waals surface area contributed by atoms with Crippen LogP contribution in [-0.4, -0.2) is 20.0 Å². The van der Waals surface area contributed by atoms with E-state index in [4.69, 9.17) is 10.5 Å². The molecule has 2 heterocycles. The maximum absolute atomic E-state index is 5.85. The molecule has 22 heavy (non-hydrogen) atoms. The summed E-state index contributed by atoms with van der Waals surface area (Å²) >= 11 is 1.49. The Morgan fingerprint density at radius 3 is 2.73 bits per heavy atom. The van der Waals surface area contributed by atoms with Crippen LogP contribution in [0, 0.1) is 0 Å². The first-order chi connectivity index (χ1) is 10.8. The van der Waals surface area contributed by atoms with Crippen LogP contribution in [0.1, 0.15) is 23.9 Å². The van der Waals surface area contributed by atoms with E-state index in [1.165, 1.54) is 16.9 Å². The first-order valence-corrected chi connectivity index (χ1v) is 7.95. The summed E-state index contributed by atoms with van der Waals surface area (Å²) in [7, 11) is 0. The number of ether oxygens (including phenoxy) is 1. The van der Waals surface area contributed by atoms with Crippen LogP contribution < -0.4 is 10.5 Å². The molecule has 0 saturated carbocycles. The van der Waals surface area contributed by atoms with Gasteiger partial charge in [0.25, 0.3) is 0 Å². The molecule has 0 aliphatic heterocycles. The van der Waals surface area contributed by atoms with Gasteiger partial charge in [-0.25, -0.2) is 4.98 Å². The third kappa shape index (κ3) is 3.00. The van der Waals surface area contributed by atoms with E-state index in [-0.39, 0.29) is 0 Å². The van der Waals surface area contributed by atoms with Gasteiger partial charge in [0.05, 0.1) is 0 Å². The first-order valence-electron chi connectivity index (χ1n) is 7.07. The van der Waals surface area contributed by atoms with E-state index in [1.54, 1.807) is 10.9 Å². The molecule has 0 fully saturated rings. The second-order valence-electron chi connectivity index (χ2n) is 4.70. The molecule has 0 amide bonds. The molecule has 0 bridgehead atoms. The van der Waals surface area contributed by atoms with Crippen LogP contribution in [0.3, 0.4) is 0 Å². The van der Waals surface area contributed by atoms with E-state index in [9.17, 15) is 0 Å². The molecular weight excluding hydrogens is 298 g/mol. The minimum Gasteiger partial charge on any atom is -0.487 e. The Balaban J connectivity index is 1.80. The van der Waals surface area contributed by atoms with Gasteiger partial charge in [-0.05, 0) is 24.1 Å². The summed E-state index contributed by atoms with van der Waals surface area (Å²) in [5.74, 6) is 0.812. The van der Waals surface area contributed by atoms with Crippen LogP contribution in [0.25, 0.3) is 5.13 Å². The summed E-state index contributed by atoms with van der Waals surface area (Å²) in [4.78, 5) is 4.26. The minimum atomic E-state index is 0.318. The molecule has 1 aromatic carbocycles. The molecule has 0 aliphatic rings. The molecule has 0 aliphatic carbocycles. The van der Waals surface area contributed by atoms with Crippen molar-refractivity contribution in [3.05, 3.63) is 52.8 Å². The largest absolute Gasteiger partial charge is 0.487 e. The molecule has 0 radical (unpaired) electrons. The van der Waals surface area contributed by atoms with Gasteiger partial charge >= 0.3 is 0 Å². The number of nitrogens with two attached hydrogens (primary N) is 1.